The van der Waals surface area contributed by atoms with Gasteiger partial charge in [-0.15, -0.1) is 0 Å². The van der Waals surface area contributed by atoms with Crippen LogP contribution >= 0.6 is 0 Å². The molecule has 0 unspecified atom stereocenters. The van der Waals surface area contributed by atoms with Gasteiger partial charge in [0.25, 0.3) is 0 Å². The van der Waals surface area contributed by atoms with Gasteiger partial charge in [0.05, 0.1) is 0 Å². The van der Waals surface area contributed by atoms with Gasteiger partial charge < -0.3 is 0 Å². The standard InChI is InChI=1S/C7H6BF3/c1-3-6(8)4(9)2-5(10)7(3)11/h2H,8H2,1H3. The van der Waals surface area contributed by atoms with E-state index in [4.69, 9.17) is 0 Å². The highest BCUT2D eigenvalue weighted by Gasteiger charge is 2.10. The number of halogens is 3. The van der Waals surface area contributed by atoms with Gasteiger partial charge in [0.2, 0.25) is 0 Å². The SMILES string of the molecule is Bc1c(F)cc(F)c(F)c1C. The minimum Gasteiger partial charge on any atom is -0.208 e. The summed E-state index contributed by atoms with van der Waals surface area (Å²) in [6.45, 7) is 1.34. The summed E-state index contributed by atoms with van der Waals surface area (Å²) in [5.74, 6) is -2.81. The van der Waals surface area contributed by atoms with Crippen LogP contribution in [-0.2, 0) is 0 Å². The lowest BCUT2D eigenvalue weighted by atomic mass is 9.90. The molecule has 0 radical (unpaired) electrons. The van der Waals surface area contributed by atoms with Crippen molar-refractivity contribution in [2.24, 2.45) is 0 Å². The molecule has 4 heteroatoms. The fraction of sp³-hybridized carbons (Fsp3) is 0.143. The van der Waals surface area contributed by atoms with Crippen LogP contribution in [0.5, 0.6) is 0 Å². The Kier molecular flexibility index (Phi) is 1.93. The Hall–Kier alpha value is -0.925. The van der Waals surface area contributed by atoms with Crippen molar-refractivity contribution in [1.29, 1.82) is 0 Å². The van der Waals surface area contributed by atoms with Crippen LogP contribution in [0.25, 0.3) is 0 Å². The van der Waals surface area contributed by atoms with Crippen molar-refractivity contribution in [2.45, 2.75) is 6.92 Å². The van der Waals surface area contributed by atoms with Crippen molar-refractivity contribution in [1.82, 2.24) is 0 Å². The number of hydrogen-bond acceptors (Lipinski definition) is 0. The Morgan fingerprint density at radius 1 is 1.18 bits per heavy atom. The van der Waals surface area contributed by atoms with Gasteiger partial charge in [0.15, 0.2) is 11.6 Å². The average Bonchev–Trinajstić information content (AvgIpc) is 1.97. The number of benzene rings is 1. The highest BCUT2D eigenvalue weighted by Crippen LogP contribution is 2.09. The van der Waals surface area contributed by atoms with Gasteiger partial charge in [-0.05, 0) is 17.9 Å². The predicted molar refractivity (Wildman–Crippen MR) is 39.2 cm³/mol. The van der Waals surface area contributed by atoms with E-state index in [1.54, 1.807) is 0 Å². The monoisotopic (exact) mass is 158 g/mol. The molecule has 0 saturated carbocycles. The lowest BCUT2D eigenvalue weighted by Gasteiger charge is -2.03. The van der Waals surface area contributed by atoms with E-state index in [2.05, 4.69) is 0 Å². The highest BCUT2D eigenvalue weighted by atomic mass is 19.2. The van der Waals surface area contributed by atoms with Crippen molar-refractivity contribution in [3.05, 3.63) is 29.1 Å². The van der Waals surface area contributed by atoms with Crippen LogP contribution in [0.15, 0.2) is 6.07 Å². The molecule has 0 heterocycles. The molecule has 0 N–H and O–H groups in total. The van der Waals surface area contributed by atoms with E-state index in [9.17, 15) is 13.2 Å². The molecule has 58 valence electrons. The number of hydrogen-bond donors (Lipinski definition) is 0. The first-order chi connectivity index (χ1) is 5.04. The minimum atomic E-state index is -1.13. The predicted octanol–water partition coefficient (Wildman–Crippen LogP) is 0.671. The van der Waals surface area contributed by atoms with Crippen LogP contribution in [0.3, 0.4) is 0 Å². The molecular formula is C7H6BF3. The Balaban J connectivity index is 3.46. The van der Waals surface area contributed by atoms with E-state index < -0.39 is 17.5 Å². The summed E-state index contributed by atoms with van der Waals surface area (Å²) in [7, 11) is 1.41. The zero-order chi connectivity index (χ0) is 8.59. The summed E-state index contributed by atoms with van der Waals surface area (Å²) < 4.78 is 37.6. The van der Waals surface area contributed by atoms with E-state index in [1.807, 2.05) is 0 Å². The third-order valence-electron chi connectivity index (χ3n) is 1.71. The Morgan fingerprint density at radius 3 is 2.27 bits per heavy atom. The second-order valence-electron chi connectivity index (χ2n) is 2.40. The molecule has 0 spiro atoms. The molecule has 11 heavy (non-hydrogen) atoms. The van der Waals surface area contributed by atoms with Crippen molar-refractivity contribution in [3.63, 3.8) is 0 Å². The molecule has 0 saturated heterocycles. The number of rotatable bonds is 0. The molecule has 0 aliphatic rings. The molecule has 1 aromatic carbocycles. The normalized spacial score (nSPS) is 10.2. The van der Waals surface area contributed by atoms with Gasteiger partial charge in [-0.2, -0.15) is 0 Å². The van der Waals surface area contributed by atoms with Gasteiger partial charge in [-0.25, -0.2) is 13.2 Å². The van der Waals surface area contributed by atoms with Gasteiger partial charge in [-0.3, -0.25) is 0 Å². The van der Waals surface area contributed by atoms with Crippen molar-refractivity contribution >= 4 is 13.3 Å². The second-order valence-corrected chi connectivity index (χ2v) is 2.40. The van der Waals surface area contributed by atoms with Gasteiger partial charge in [0.1, 0.15) is 13.7 Å². The van der Waals surface area contributed by atoms with Crippen molar-refractivity contribution in [3.8, 4) is 0 Å². The first-order valence-corrected chi connectivity index (χ1v) is 3.14. The zero-order valence-corrected chi connectivity index (χ0v) is 6.21. The third kappa shape index (κ3) is 1.25. The van der Waals surface area contributed by atoms with E-state index in [1.165, 1.54) is 14.8 Å². The Morgan fingerprint density at radius 2 is 1.73 bits per heavy atom. The van der Waals surface area contributed by atoms with E-state index in [0.717, 1.165) is 0 Å². The van der Waals surface area contributed by atoms with Gasteiger partial charge in [-0.1, -0.05) is 0 Å². The van der Waals surface area contributed by atoms with Gasteiger partial charge >= 0.3 is 0 Å². The van der Waals surface area contributed by atoms with E-state index in [0.29, 0.717) is 6.07 Å². The summed E-state index contributed by atoms with van der Waals surface area (Å²) in [6.07, 6.45) is 0. The van der Waals surface area contributed by atoms with E-state index >= 15 is 0 Å². The maximum Gasteiger partial charge on any atom is 0.161 e. The molecule has 0 aliphatic heterocycles. The lowest BCUT2D eigenvalue weighted by molar-refractivity contribution is 0.492. The second kappa shape index (κ2) is 2.60. The van der Waals surface area contributed by atoms with Crippen molar-refractivity contribution in [2.75, 3.05) is 0 Å². The maximum absolute atomic E-state index is 12.6. The molecule has 1 rings (SSSR count). The molecule has 0 aromatic heterocycles. The average molecular weight is 158 g/mol. The quantitative estimate of drug-likeness (QED) is 0.384. The molecule has 0 amide bonds. The molecule has 0 bridgehead atoms. The van der Waals surface area contributed by atoms with Crippen LogP contribution in [0.4, 0.5) is 13.2 Å². The Bertz CT molecular complexity index is 270. The van der Waals surface area contributed by atoms with Gasteiger partial charge in [0, 0.05) is 6.07 Å². The van der Waals surface area contributed by atoms with Crippen LogP contribution in [-0.4, -0.2) is 7.85 Å². The zero-order valence-electron chi connectivity index (χ0n) is 6.21. The lowest BCUT2D eigenvalue weighted by Crippen LogP contribution is -2.15. The molecule has 0 fully saturated rings. The summed E-state index contributed by atoms with van der Waals surface area (Å²) >= 11 is 0. The Labute approximate surface area is 63.4 Å². The topological polar surface area (TPSA) is 0 Å². The summed E-state index contributed by atoms with van der Waals surface area (Å²) in [6, 6.07) is 0.553. The molecule has 1 aromatic rings. The molecule has 0 aliphatic carbocycles. The minimum absolute atomic E-state index is 0.0301. The highest BCUT2D eigenvalue weighted by molar-refractivity contribution is 6.33. The third-order valence-corrected chi connectivity index (χ3v) is 1.71. The van der Waals surface area contributed by atoms with Crippen LogP contribution in [0.2, 0.25) is 0 Å². The fourth-order valence-electron chi connectivity index (χ4n) is 0.806. The fourth-order valence-corrected chi connectivity index (χ4v) is 0.806. The molecule has 0 nitrogen and oxygen atoms in total. The smallest absolute Gasteiger partial charge is 0.161 e. The van der Waals surface area contributed by atoms with Crippen LogP contribution < -0.4 is 5.46 Å². The summed E-state index contributed by atoms with van der Waals surface area (Å²) in [5, 5.41) is 0. The molecular weight excluding hydrogens is 152 g/mol. The maximum atomic E-state index is 12.6. The van der Waals surface area contributed by atoms with Crippen LogP contribution in [0.1, 0.15) is 5.56 Å². The first-order valence-electron chi connectivity index (χ1n) is 3.14. The largest absolute Gasteiger partial charge is 0.208 e. The molecule has 0 atom stereocenters. The van der Waals surface area contributed by atoms with Crippen molar-refractivity contribution < 1.29 is 13.2 Å². The summed E-state index contributed by atoms with van der Waals surface area (Å²) in [4.78, 5) is 0. The van der Waals surface area contributed by atoms with Crippen LogP contribution in [0, 0.1) is 24.4 Å². The van der Waals surface area contributed by atoms with E-state index in [-0.39, 0.29) is 11.0 Å². The summed E-state index contributed by atoms with van der Waals surface area (Å²) in [5.41, 5.74) is 0.186. The first kappa shape index (κ1) is 8.17.